The Labute approximate surface area is 152 Å². The summed E-state index contributed by atoms with van der Waals surface area (Å²) in [5.74, 6) is 1.04. The fourth-order valence-electron chi connectivity index (χ4n) is 3.40. The summed E-state index contributed by atoms with van der Waals surface area (Å²) in [6, 6.07) is 3.47. The van der Waals surface area contributed by atoms with Crippen molar-refractivity contribution in [3.8, 4) is 0 Å². The number of carbonyl (C=O) groups is 1. The number of methoxy groups -OCH3 is 1. The van der Waals surface area contributed by atoms with Gasteiger partial charge in [0.1, 0.15) is 5.82 Å². The topological polar surface area (TPSA) is 82.2 Å². The zero-order valence-electron chi connectivity index (χ0n) is 15.3. The quantitative estimate of drug-likeness (QED) is 0.772. The van der Waals surface area contributed by atoms with E-state index in [0.717, 1.165) is 18.7 Å². The second kappa shape index (κ2) is 8.27. The molecular formula is C18H25N5O3. The first-order chi connectivity index (χ1) is 12.7. The van der Waals surface area contributed by atoms with Crippen molar-refractivity contribution < 1.29 is 9.53 Å². The number of nitrogens with zero attached hydrogens (tertiary/aromatic N) is 5. The maximum atomic E-state index is 12.6. The molecule has 1 amide bonds. The van der Waals surface area contributed by atoms with E-state index in [1.807, 2.05) is 11.8 Å². The summed E-state index contributed by atoms with van der Waals surface area (Å²) in [5.41, 5.74) is 0.572. The smallest absolute Gasteiger partial charge is 0.345 e. The van der Waals surface area contributed by atoms with Gasteiger partial charge in [0.15, 0.2) is 0 Å². The lowest BCUT2D eigenvalue weighted by molar-refractivity contribution is 0.0710. The summed E-state index contributed by atoms with van der Waals surface area (Å²) in [4.78, 5) is 30.8. The van der Waals surface area contributed by atoms with E-state index >= 15 is 0 Å². The first-order valence-corrected chi connectivity index (χ1v) is 9.01. The van der Waals surface area contributed by atoms with Gasteiger partial charge in [-0.2, -0.15) is 5.10 Å². The van der Waals surface area contributed by atoms with E-state index in [0.29, 0.717) is 38.3 Å². The van der Waals surface area contributed by atoms with Crippen molar-refractivity contribution >= 4 is 5.91 Å². The second-order valence-corrected chi connectivity index (χ2v) is 6.40. The van der Waals surface area contributed by atoms with E-state index < -0.39 is 0 Å². The van der Waals surface area contributed by atoms with Gasteiger partial charge in [0.2, 0.25) is 0 Å². The first kappa shape index (κ1) is 18.3. The molecule has 26 heavy (non-hydrogen) atoms. The van der Waals surface area contributed by atoms with Crippen molar-refractivity contribution in [2.75, 3.05) is 26.8 Å². The molecule has 2 aromatic rings. The van der Waals surface area contributed by atoms with Crippen molar-refractivity contribution in [2.45, 2.75) is 38.8 Å². The van der Waals surface area contributed by atoms with Gasteiger partial charge in [0.25, 0.3) is 5.91 Å². The normalized spacial score (nSPS) is 15.4. The molecule has 3 rings (SSSR count). The Hall–Kier alpha value is -2.48. The summed E-state index contributed by atoms with van der Waals surface area (Å²) in [7, 11) is 1.61. The monoisotopic (exact) mass is 359 g/mol. The summed E-state index contributed by atoms with van der Waals surface area (Å²) >= 11 is 0. The van der Waals surface area contributed by atoms with Crippen molar-refractivity contribution in [2.24, 2.45) is 0 Å². The van der Waals surface area contributed by atoms with Gasteiger partial charge in [-0.3, -0.25) is 14.3 Å². The lowest BCUT2D eigenvalue weighted by Gasteiger charge is -2.31. The molecule has 2 aromatic heterocycles. The molecule has 0 spiro atoms. The number of hydrogen-bond acceptors (Lipinski definition) is 5. The highest BCUT2D eigenvalue weighted by molar-refractivity contribution is 5.94. The predicted molar refractivity (Wildman–Crippen MR) is 96.2 cm³/mol. The zero-order valence-corrected chi connectivity index (χ0v) is 15.3. The lowest BCUT2D eigenvalue weighted by atomic mass is 9.95. The van der Waals surface area contributed by atoms with Crippen LogP contribution in [0.15, 0.2) is 29.3 Å². The van der Waals surface area contributed by atoms with Crippen LogP contribution in [0.4, 0.5) is 0 Å². The Morgan fingerprint density at radius 2 is 1.96 bits per heavy atom. The summed E-state index contributed by atoms with van der Waals surface area (Å²) in [6.45, 7) is 4.78. The summed E-state index contributed by atoms with van der Waals surface area (Å²) < 4.78 is 8.27. The van der Waals surface area contributed by atoms with Crippen LogP contribution in [0.1, 0.15) is 41.9 Å². The molecule has 0 aliphatic carbocycles. The van der Waals surface area contributed by atoms with Gasteiger partial charge in [0.05, 0.1) is 13.2 Å². The standard InChI is InChI=1S/C18H25N5O3/c1-3-22-16(20-23(18(22)25)12-13-26-2)14-6-10-21(11-7-14)17(24)15-4-8-19-9-5-15/h4-5,8-9,14H,3,6-7,10-13H2,1-2H3. The molecule has 0 radical (unpaired) electrons. The van der Waals surface area contributed by atoms with Gasteiger partial charge in [-0.25, -0.2) is 9.48 Å². The minimum atomic E-state index is -0.0881. The number of amides is 1. The lowest BCUT2D eigenvalue weighted by Crippen LogP contribution is -2.38. The highest BCUT2D eigenvalue weighted by Gasteiger charge is 2.28. The third kappa shape index (κ3) is 3.70. The average molecular weight is 359 g/mol. The van der Waals surface area contributed by atoms with Gasteiger partial charge in [-0.1, -0.05) is 0 Å². The fraction of sp³-hybridized carbons (Fsp3) is 0.556. The van der Waals surface area contributed by atoms with E-state index in [-0.39, 0.29) is 17.5 Å². The van der Waals surface area contributed by atoms with Crippen LogP contribution in [0.2, 0.25) is 0 Å². The van der Waals surface area contributed by atoms with Crippen molar-refractivity contribution in [3.63, 3.8) is 0 Å². The van der Waals surface area contributed by atoms with Crippen LogP contribution >= 0.6 is 0 Å². The van der Waals surface area contributed by atoms with Gasteiger partial charge in [-0.15, -0.1) is 0 Å². The van der Waals surface area contributed by atoms with Gasteiger partial charge in [0, 0.05) is 50.6 Å². The molecule has 1 aliphatic heterocycles. The molecule has 0 unspecified atom stereocenters. The number of pyridine rings is 1. The molecule has 1 aliphatic rings. The highest BCUT2D eigenvalue weighted by Crippen LogP contribution is 2.27. The Balaban J connectivity index is 1.70. The van der Waals surface area contributed by atoms with E-state index in [2.05, 4.69) is 10.1 Å². The molecule has 0 aromatic carbocycles. The Morgan fingerprint density at radius 3 is 2.58 bits per heavy atom. The highest BCUT2D eigenvalue weighted by atomic mass is 16.5. The number of piperidine rings is 1. The molecule has 0 bridgehead atoms. The molecule has 3 heterocycles. The SMILES string of the molecule is CCn1c(C2CCN(C(=O)c3ccncc3)CC2)nn(CCOC)c1=O. The molecular weight excluding hydrogens is 334 g/mol. The van der Waals surface area contributed by atoms with Crippen LogP contribution in [-0.2, 0) is 17.8 Å². The largest absolute Gasteiger partial charge is 0.383 e. The van der Waals surface area contributed by atoms with E-state index in [1.165, 1.54) is 4.68 Å². The van der Waals surface area contributed by atoms with E-state index in [1.54, 1.807) is 36.2 Å². The maximum absolute atomic E-state index is 12.6. The van der Waals surface area contributed by atoms with Gasteiger partial charge >= 0.3 is 5.69 Å². The molecule has 8 heteroatoms. The van der Waals surface area contributed by atoms with E-state index in [9.17, 15) is 9.59 Å². The van der Waals surface area contributed by atoms with Gasteiger partial charge < -0.3 is 9.64 Å². The number of carbonyl (C=O) groups excluding carboxylic acids is 1. The second-order valence-electron chi connectivity index (χ2n) is 6.40. The number of hydrogen-bond donors (Lipinski definition) is 0. The minimum Gasteiger partial charge on any atom is -0.383 e. The molecule has 1 fully saturated rings. The molecule has 1 saturated heterocycles. The number of likely N-dealkylation sites (tertiary alicyclic amines) is 1. The fourth-order valence-corrected chi connectivity index (χ4v) is 3.40. The third-order valence-electron chi connectivity index (χ3n) is 4.85. The third-order valence-corrected chi connectivity index (χ3v) is 4.85. The van der Waals surface area contributed by atoms with E-state index in [4.69, 9.17) is 4.74 Å². The van der Waals surface area contributed by atoms with Crippen LogP contribution in [-0.4, -0.2) is 56.9 Å². The first-order valence-electron chi connectivity index (χ1n) is 9.01. The zero-order chi connectivity index (χ0) is 18.5. The number of rotatable bonds is 6. The Bertz CT molecular complexity index is 791. The predicted octanol–water partition coefficient (Wildman–Crippen LogP) is 1.13. The van der Waals surface area contributed by atoms with Crippen LogP contribution < -0.4 is 5.69 Å². The van der Waals surface area contributed by atoms with Crippen LogP contribution in [0.5, 0.6) is 0 Å². The minimum absolute atomic E-state index is 0.0318. The van der Waals surface area contributed by atoms with Crippen molar-refractivity contribution in [3.05, 3.63) is 46.4 Å². The maximum Gasteiger partial charge on any atom is 0.345 e. The summed E-state index contributed by atoms with van der Waals surface area (Å²) in [6.07, 6.45) is 4.87. The van der Waals surface area contributed by atoms with Crippen LogP contribution in [0.25, 0.3) is 0 Å². The van der Waals surface area contributed by atoms with Crippen molar-refractivity contribution in [1.29, 1.82) is 0 Å². The molecule has 8 nitrogen and oxygen atoms in total. The Kier molecular flexibility index (Phi) is 5.82. The molecule has 0 N–H and O–H groups in total. The molecule has 0 atom stereocenters. The molecule has 140 valence electrons. The van der Waals surface area contributed by atoms with Crippen LogP contribution in [0, 0.1) is 0 Å². The van der Waals surface area contributed by atoms with Crippen LogP contribution in [0.3, 0.4) is 0 Å². The summed E-state index contributed by atoms with van der Waals surface area (Å²) in [5, 5.41) is 4.55. The number of aromatic nitrogens is 4. The van der Waals surface area contributed by atoms with Gasteiger partial charge in [-0.05, 0) is 31.9 Å². The average Bonchev–Trinajstić information content (AvgIpc) is 3.02. The van der Waals surface area contributed by atoms with Crippen molar-refractivity contribution in [1.82, 2.24) is 24.2 Å². The Morgan fingerprint density at radius 1 is 1.27 bits per heavy atom. The molecule has 0 saturated carbocycles. The number of ether oxygens (including phenoxy) is 1.